The first-order chi connectivity index (χ1) is 17.8. The second-order valence-electron chi connectivity index (χ2n) is 7.60. The number of nitrogens with zero attached hydrogens (tertiary/aromatic N) is 1. The quantitative estimate of drug-likeness (QED) is 0.218. The number of amides is 2. The summed E-state index contributed by atoms with van der Waals surface area (Å²) in [5, 5.41) is 14.0. The molecule has 196 valence electrons. The lowest BCUT2D eigenvalue weighted by atomic mass is 10.1. The summed E-state index contributed by atoms with van der Waals surface area (Å²) in [5.74, 6) is -1.65. The van der Waals surface area contributed by atoms with Gasteiger partial charge in [0.25, 0.3) is 5.91 Å². The van der Waals surface area contributed by atoms with Gasteiger partial charge in [-0.15, -0.1) is 0 Å². The van der Waals surface area contributed by atoms with E-state index in [1.807, 2.05) is 0 Å². The first-order valence-corrected chi connectivity index (χ1v) is 12.3. The molecule has 0 heterocycles. The Morgan fingerprint density at radius 2 is 1.68 bits per heavy atom. The van der Waals surface area contributed by atoms with E-state index in [9.17, 15) is 36.4 Å². The molecule has 3 aromatic rings. The van der Waals surface area contributed by atoms with Gasteiger partial charge in [-0.1, -0.05) is 29.8 Å². The Kier molecular flexibility index (Phi) is 8.45. The van der Waals surface area contributed by atoms with Crippen LogP contribution in [-0.2, 0) is 25.9 Å². The van der Waals surface area contributed by atoms with Crippen molar-refractivity contribution in [3.8, 4) is 11.8 Å². The lowest BCUT2D eigenvalue weighted by Gasteiger charge is -2.12. The van der Waals surface area contributed by atoms with E-state index in [1.165, 1.54) is 55.5 Å². The summed E-state index contributed by atoms with van der Waals surface area (Å²) in [5.41, 5.74) is -1.61. The zero-order valence-electron chi connectivity index (χ0n) is 19.3. The van der Waals surface area contributed by atoms with Gasteiger partial charge in [0.15, 0.2) is 0 Å². The minimum Gasteiger partial charge on any atom is -0.378 e. The van der Waals surface area contributed by atoms with Gasteiger partial charge in [0.2, 0.25) is 5.91 Å². The zero-order valence-corrected chi connectivity index (χ0v) is 20.9. The number of nitriles is 1. The van der Waals surface area contributed by atoms with E-state index in [2.05, 4.69) is 10.6 Å². The van der Waals surface area contributed by atoms with Gasteiger partial charge in [0.05, 0.1) is 16.3 Å². The molecule has 38 heavy (non-hydrogen) atoms. The number of rotatable bonds is 7. The van der Waals surface area contributed by atoms with E-state index < -0.39 is 33.3 Å². The molecule has 2 N–H and O–H groups in total. The number of halogens is 4. The van der Waals surface area contributed by atoms with Crippen molar-refractivity contribution in [2.45, 2.75) is 18.0 Å². The Labute approximate surface area is 220 Å². The van der Waals surface area contributed by atoms with Crippen LogP contribution in [0, 0.1) is 11.3 Å². The topological polar surface area (TPSA) is 125 Å². The predicted molar refractivity (Wildman–Crippen MR) is 134 cm³/mol. The molecule has 0 aromatic heterocycles. The van der Waals surface area contributed by atoms with Gasteiger partial charge in [-0.25, -0.2) is 0 Å². The highest BCUT2D eigenvalue weighted by atomic mass is 35.5. The van der Waals surface area contributed by atoms with Crippen molar-refractivity contribution in [1.29, 1.82) is 5.26 Å². The Morgan fingerprint density at radius 1 is 1.03 bits per heavy atom. The van der Waals surface area contributed by atoms with E-state index >= 15 is 0 Å². The molecule has 0 saturated carbocycles. The maximum atomic E-state index is 13.0. The van der Waals surface area contributed by atoms with Crippen molar-refractivity contribution < 1.29 is 35.4 Å². The van der Waals surface area contributed by atoms with Crippen LogP contribution in [0.25, 0.3) is 6.08 Å². The van der Waals surface area contributed by atoms with Crippen LogP contribution >= 0.6 is 11.6 Å². The van der Waals surface area contributed by atoms with Crippen molar-refractivity contribution in [1.82, 2.24) is 0 Å². The summed E-state index contributed by atoms with van der Waals surface area (Å²) >= 11 is 5.90. The van der Waals surface area contributed by atoms with Crippen molar-refractivity contribution in [3.05, 3.63) is 88.5 Å². The largest absolute Gasteiger partial charge is 0.416 e. The molecule has 0 aliphatic heterocycles. The highest BCUT2D eigenvalue weighted by Crippen LogP contribution is 2.34. The fraction of sp³-hybridized carbons (Fsp3) is 0.0800. The van der Waals surface area contributed by atoms with Gasteiger partial charge in [-0.2, -0.15) is 26.9 Å². The molecule has 3 aromatic carbocycles. The van der Waals surface area contributed by atoms with Crippen LogP contribution < -0.4 is 14.8 Å². The number of alkyl halides is 3. The third kappa shape index (κ3) is 7.12. The highest BCUT2D eigenvalue weighted by Gasteiger charge is 2.31. The lowest BCUT2D eigenvalue weighted by molar-refractivity contribution is -0.137. The van der Waals surface area contributed by atoms with Gasteiger partial charge in [-0.3, -0.25) is 9.59 Å². The second-order valence-corrected chi connectivity index (χ2v) is 9.55. The number of carbonyl (C=O) groups is 2. The first kappa shape index (κ1) is 28.2. The molecule has 0 bridgehead atoms. The van der Waals surface area contributed by atoms with Crippen LogP contribution in [0.1, 0.15) is 18.1 Å². The third-order valence-corrected chi connectivity index (χ3v) is 6.37. The van der Waals surface area contributed by atoms with E-state index in [1.54, 1.807) is 6.07 Å². The minimum atomic E-state index is -4.69. The molecule has 0 fully saturated rings. The molecule has 0 unspecified atom stereocenters. The average Bonchev–Trinajstić information content (AvgIpc) is 2.83. The fourth-order valence-corrected chi connectivity index (χ4v) is 4.16. The number of carbonyl (C=O) groups excluding carboxylic acids is 2. The summed E-state index contributed by atoms with van der Waals surface area (Å²) in [6, 6.07) is 14.7. The Morgan fingerprint density at radius 3 is 2.29 bits per heavy atom. The smallest absolute Gasteiger partial charge is 0.378 e. The monoisotopic (exact) mass is 563 g/mol. The molecule has 8 nitrogen and oxygen atoms in total. The van der Waals surface area contributed by atoms with Crippen molar-refractivity contribution in [3.63, 3.8) is 0 Å². The van der Waals surface area contributed by atoms with Crippen LogP contribution in [-0.4, -0.2) is 20.2 Å². The number of para-hydroxylation sites is 1. The first-order valence-electron chi connectivity index (χ1n) is 10.5. The molecule has 0 spiro atoms. The number of anilines is 2. The van der Waals surface area contributed by atoms with Crippen LogP contribution in [0.5, 0.6) is 5.75 Å². The number of hydrogen-bond donors (Lipinski definition) is 2. The molecule has 13 heteroatoms. The van der Waals surface area contributed by atoms with Crippen LogP contribution in [0.4, 0.5) is 24.5 Å². The van der Waals surface area contributed by atoms with Crippen LogP contribution in [0.3, 0.4) is 0 Å². The van der Waals surface area contributed by atoms with Gasteiger partial charge in [0, 0.05) is 18.2 Å². The van der Waals surface area contributed by atoms with Crippen molar-refractivity contribution >= 4 is 51.0 Å². The molecule has 0 aliphatic rings. The van der Waals surface area contributed by atoms with Crippen molar-refractivity contribution in [2.24, 2.45) is 0 Å². The van der Waals surface area contributed by atoms with Gasteiger partial charge < -0.3 is 14.8 Å². The number of hydrogen-bond acceptors (Lipinski definition) is 6. The Balaban J connectivity index is 1.88. The number of benzene rings is 3. The summed E-state index contributed by atoms with van der Waals surface area (Å²) in [4.78, 5) is 23.6. The SMILES string of the molecule is CC(=O)Nc1ccc(S(=O)(=O)Oc2ccccc2/C=C(\C#N)C(=O)Nc2cc(C(F)(F)F)ccc2Cl)cc1. The molecular formula is C25H17ClF3N3O5S. The third-order valence-electron chi connectivity index (χ3n) is 4.79. The van der Waals surface area contributed by atoms with Crippen LogP contribution in [0.15, 0.2) is 77.2 Å². The summed E-state index contributed by atoms with van der Waals surface area (Å²) in [6.45, 7) is 1.29. The maximum absolute atomic E-state index is 13.0. The lowest BCUT2D eigenvalue weighted by Crippen LogP contribution is -2.15. The van der Waals surface area contributed by atoms with Gasteiger partial charge >= 0.3 is 16.3 Å². The zero-order chi connectivity index (χ0) is 28.1. The summed E-state index contributed by atoms with van der Waals surface area (Å²) in [7, 11) is -4.37. The standard InChI is InChI=1S/C25H17ClF3N3O5S/c1-15(33)31-19-7-9-20(10-8-19)38(35,36)37-23-5-3-2-4-16(23)12-17(14-30)24(34)32-22-13-18(25(27,28)29)6-11-21(22)26/h2-13H,1H3,(H,31,33)(H,32,34)/b17-12+. The Bertz CT molecular complexity index is 1560. The Hall–Kier alpha value is -4.34. The number of nitrogens with one attached hydrogen (secondary N) is 2. The maximum Gasteiger partial charge on any atom is 0.416 e. The van der Waals surface area contributed by atoms with E-state index in [-0.39, 0.29) is 32.8 Å². The van der Waals surface area contributed by atoms with Crippen LogP contribution in [0.2, 0.25) is 5.02 Å². The van der Waals surface area contributed by atoms with E-state index in [0.29, 0.717) is 11.8 Å². The van der Waals surface area contributed by atoms with Crippen molar-refractivity contribution in [2.75, 3.05) is 10.6 Å². The van der Waals surface area contributed by atoms with Gasteiger partial charge in [0.1, 0.15) is 22.3 Å². The molecule has 0 radical (unpaired) electrons. The normalized spacial score (nSPS) is 11.8. The molecular weight excluding hydrogens is 547 g/mol. The molecule has 0 atom stereocenters. The molecule has 3 rings (SSSR count). The van der Waals surface area contributed by atoms with E-state index in [4.69, 9.17) is 15.8 Å². The summed E-state index contributed by atoms with van der Waals surface area (Å²) in [6.07, 6.45) is -3.68. The molecule has 0 aliphatic carbocycles. The predicted octanol–water partition coefficient (Wildman–Crippen LogP) is 5.63. The molecule has 0 saturated heterocycles. The molecule has 2 amide bonds. The summed E-state index contributed by atoms with van der Waals surface area (Å²) < 4.78 is 69.8. The highest BCUT2D eigenvalue weighted by molar-refractivity contribution is 7.87. The minimum absolute atomic E-state index is 0.0211. The average molecular weight is 564 g/mol. The van der Waals surface area contributed by atoms with E-state index in [0.717, 1.165) is 18.2 Å². The van der Waals surface area contributed by atoms with Gasteiger partial charge in [-0.05, 0) is 54.6 Å². The fourth-order valence-electron chi connectivity index (χ4n) is 3.04. The second kappa shape index (κ2) is 11.4.